The first-order chi connectivity index (χ1) is 16.3. The molecular formula is C23H16BrCl2N3O5. The largest absolute Gasteiger partial charge is 0.493 e. The van der Waals surface area contributed by atoms with Gasteiger partial charge in [0, 0.05) is 20.2 Å². The fourth-order valence-electron chi connectivity index (χ4n) is 2.66. The summed E-state index contributed by atoms with van der Waals surface area (Å²) < 4.78 is 11.3. The summed E-state index contributed by atoms with van der Waals surface area (Å²) in [7, 11) is 1.42. The van der Waals surface area contributed by atoms with Gasteiger partial charge in [0.2, 0.25) is 0 Å². The van der Waals surface area contributed by atoms with Gasteiger partial charge in [-0.2, -0.15) is 5.10 Å². The molecule has 3 aromatic rings. The second kappa shape index (κ2) is 11.6. The predicted octanol–water partition coefficient (Wildman–Crippen LogP) is 5.07. The molecule has 2 amide bonds. The number of esters is 1. The van der Waals surface area contributed by atoms with Gasteiger partial charge >= 0.3 is 17.8 Å². The lowest BCUT2D eigenvalue weighted by molar-refractivity contribution is -0.136. The van der Waals surface area contributed by atoms with Crippen LogP contribution in [0.2, 0.25) is 10.0 Å². The Labute approximate surface area is 213 Å². The number of carbonyl (C=O) groups excluding carboxylic acids is 3. The van der Waals surface area contributed by atoms with Crippen LogP contribution in [0.3, 0.4) is 0 Å². The maximum Gasteiger partial charge on any atom is 0.344 e. The number of hydrogen-bond donors (Lipinski definition) is 2. The summed E-state index contributed by atoms with van der Waals surface area (Å²) in [5.74, 6) is -2.05. The molecule has 0 radical (unpaired) electrons. The highest BCUT2D eigenvalue weighted by atomic mass is 79.9. The SMILES string of the molecule is COc1cc(/C=N/NC(=O)C(=O)Nc2cc(Cl)cc(Cl)c2)ccc1OC(=O)c1ccccc1Br. The van der Waals surface area contributed by atoms with Crippen LogP contribution in [0.4, 0.5) is 5.69 Å². The van der Waals surface area contributed by atoms with Gasteiger partial charge in [-0.15, -0.1) is 0 Å². The van der Waals surface area contributed by atoms with Gasteiger partial charge in [0.1, 0.15) is 0 Å². The third-order valence-electron chi connectivity index (χ3n) is 4.19. The molecule has 0 heterocycles. The third kappa shape index (κ3) is 6.80. The number of methoxy groups -OCH3 is 1. The first-order valence-corrected chi connectivity index (χ1v) is 11.1. The van der Waals surface area contributed by atoms with Crippen LogP contribution in [0, 0.1) is 0 Å². The molecule has 0 spiro atoms. The van der Waals surface area contributed by atoms with Gasteiger partial charge < -0.3 is 14.8 Å². The fraction of sp³-hybridized carbons (Fsp3) is 0.0435. The Bertz CT molecular complexity index is 1260. The van der Waals surface area contributed by atoms with Crippen molar-refractivity contribution in [1.82, 2.24) is 5.43 Å². The summed E-state index contributed by atoms with van der Waals surface area (Å²) in [6, 6.07) is 15.9. The van der Waals surface area contributed by atoms with Crippen LogP contribution in [0.1, 0.15) is 15.9 Å². The monoisotopic (exact) mass is 563 g/mol. The molecule has 3 aromatic carbocycles. The molecule has 0 saturated carbocycles. The zero-order valence-corrected chi connectivity index (χ0v) is 20.6. The van der Waals surface area contributed by atoms with E-state index in [-0.39, 0.29) is 17.2 Å². The van der Waals surface area contributed by atoms with E-state index >= 15 is 0 Å². The summed E-state index contributed by atoms with van der Waals surface area (Å²) in [6.45, 7) is 0. The van der Waals surface area contributed by atoms with Crippen molar-refractivity contribution in [3.63, 3.8) is 0 Å². The molecule has 0 aromatic heterocycles. The molecule has 3 rings (SSSR count). The van der Waals surface area contributed by atoms with Crippen LogP contribution < -0.4 is 20.2 Å². The minimum atomic E-state index is -1.00. The van der Waals surface area contributed by atoms with E-state index < -0.39 is 17.8 Å². The highest BCUT2D eigenvalue weighted by molar-refractivity contribution is 9.10. The Morgan fingerprint density at radius 3 is 2.32 bits per heavy atom. The summed E-state index contributed by atoms with van der Waals surface area (Å²) in [5.41, 5.74) is 3.25. The normalized spacial score (nSPS) is 10.6. The van der Waals surface area contributed by atoms with E-state index in [2.05, 4.69) is 31.8 Å². The van der Waals surface area contributed by atoms with E-state index in [1.54, 1.807) is 36.4 Å². The number of rotatable bonds is 6. The maximum atomic E-state index is 12.4. The number of amides is 2. The molecule has 0 aliphatic rings. The van der Waals surface area contributed by atoms with Crippen molar-refractivity contribution >= 4 is 68.8 Å². The van der Waals surface area contributed by atoms with Gasteiger partial charge in [-0.3, -0.25) is 9.59 Å². The van der Waals surface area contributed by atoms with Gasteiger partial charge in [0.05, 0.1) is 18.9 Å². The van der Waals surface area contributed by atoms with E-state index in [1.165, 1.54) is 37.6 Å². The second-order valence-electron chi connectivity index (χ2n) is 6.59. The minimum Gasteiger partial charge on any atom is -0.493 e. The molecule has 0 unspecified atom stereocenters. The molecule has 174 valence electrons. The van der Waals surface area contributed by atoms with E-state index in [9.17, 15) is 14.4 Å². The topological polar surface area (TPSA) is 106 Å². The molecular weight excluding hydrogens is 549 g/mol. The average molecular weight is 565 g/mol. The van der Waals surface area contributed by atoms with Crippen LogP contribution in [-0.2, 0) is 9.59 Å². The molecule has 0 aliphatic carbocycles. The van der Waals surface area contributed by atoms with Gasteiger partial charge in [-0.05, 0) is 70.0 Å². The molecule has 11 heteroatoms. The van der Waals surface area contributed by atoms with Gasteiger partial charge in [0.15, 0.2) is 11.5 Å². The average Bonchev–Trinajstić information content (AvgIpc) is 2.79. The standard InChI is InChI=1S/C23H16BrCl2N3O5/c1-33-20-8-13(6-7-19(20)34-23(32)17-4-2-3-5-18(17)24)12-27-29-22(31)21(30)28-16-10-14(25)9-15(26)11-16/h2-12H,1H3,(H,28,30)(H,29,31)/b27-12+. The number of nitrogens with zero attached hydrogens (tertiary/aromatic N) is 1. The first-order valence-electron chi connectivity index (χ1n) is 9.52. The Morgan fingerprint density at radius 1 is 0.941 bits per heavy atom. The van der Waals surface area contributed by atoms with Crippen molar-refractivity contribution < 1.29 is 23.9 Å². The minimum absolute atomic E-state index is 0.198. The van der Waals surface area contributed by atoms with E-state index in [0.717, 1.165) is 0 Å². The van der Waals surface area contributed by atoms with E-state index in [1.807, 2.05) is 0 Å². The Balaban J connectivity index is 1.62. The van der Waals surface area contributed by atoms with Crippen LogP contribution >= 0.6 is 39.1 Å². The number of ether oxygens (including phenoxy) is 2. The molecule has 34 heavy (non-hydrogen) atoms. The van der Waals surface area contributed by atoms with Crippen molar-refractivity contribution in [3.8, 4) is 11.5 Å². The van der Waals surface area contributed by atoms with Crippen LogP contribution in [0.15, 0.2) is 70.2 Å². The Morgan fingerprint density at radius 2 is 1.65 bits per heavy atom. The van der Waals surface area contributed by atoms with Crippen LogP contribution in [-0.4, -0.2) is 31.1 Å². The van der Waals surface area contributed by atoms with Crippen LogP contribution in [0.25, 0.3) is 0 Å². The zero-order chi connectivity index (χ0) is 24.7. The number of hydrogen-bond acceptors (Lipinski definition) is 6. The molecule has 0 aliphatic heterocycles. The summed E-state index contributed by atoms with van der Waals surface area (Å²) in [6.07, 6.45) is 1.29. The smallest absolute Gasteiger partial charge is 0.344 e. The maximum absolute atomic E-state index is 12.4. The number of halogens is 3. The number of hydrazone groups is 1. The first kappa shape index (κ1) is 25.2. The van der Waals surface area contributed by atoms with Gasteiger partial charge in [-0.1, -0.05) is 35.3 Å². The Kier molecular flexibility index (Phi) is 8.64. The number of carbonyl (C=O) groups is 3. The van der Waals surface area contributed by atoms with Crippen molar-refractivity contribution in [3.05, 3.63) is 86.3 Å². The molecule has 2 N–H and O–H groups in total. The second-order valence-corrected chi connectivity index (χ2v) is 8.32. The lowest BCUT2D eigenvalue weighted by Gasteiger charge is -2.10. The number of nitrogens with one attached hydrogen (secondary N) is 2. The lowest BCUT2D eigenvalue weighted by atomic mass is 10.2. The summed E-state index contributed by atoms with van der Waals surface area (Å²) >= 11 is 15.0. The molecule has 0 atom stereocenters. The zero-order valence-electron chi connectivity index (χ0n) is 17.5. The van der Waals surface area contributed by atoms with Crippen molar-refractivity contribution in [1.29, 1.82) is 0 Å². The third-order valence-corrected chi connectivity index (χ3v) is 5.32. The van der Waals surface area contributed by atoms with Crippen molar-refractivity contribution in [2.45, 2.75) is 0 Å². The predicted molar refractivity (Wildman–Crippen MR) is 133 cm³/mol. The molecule has 0 fully saturated rings. The Hall–Kier alpha value is -3.40. The van der Waals surface area contributed by atoms with E-state index in [0.29, 0.717) is 25.6 Å². The fourth-order valence-corrected chi connectivity index (χ4v) is 3.63. The number of anilines is 1. The molecule has 0 saturated heterocycles. The van der Waals surface area contributed by atoms with Crippen molar-refractivity contribution in [2.75, 3.05) is 12.4 Å². The quantitative estimate of drug-likeness (QED) is 0.143. The van der Waals surface area contributed by atoms with Crippen LogP contribution in [0.5, 0.6) is 11.5 Å². The number of benzene rings is 3. The van der Waals surface area contributed by atoms with Crippen molar-refractivity contribution in [2.24, 2.45) is 5.10 Å². The van der Waals surface area contributed by atoms with Gasteiger partial charge in [0.25, 0.3) is 0 Å². The van der Waals surface area contributed by atoms with Gasteiger partial charge in [-0.25, -0.2) is 10.2 Å². The summed E-state index contributed by atoms with van der Waals surface area (Å²) in [4.78, 5) is 36.4. The molecule has 0 bridgehead atoms. The highest BCUT2D eigenvalue weighted by Crippen LogP contribution is 2.29. The lowest BCUT2D eigenvalue weighted by Crippen LogP contribution is -2.32. The summed E-state index contributed by atoms with van der Waals surface area (Å²) in [5, 5.41) is 6.74. The molecule has 8 nitrogen and oxygen atoms in total. The highest BCUT2D eigenvalue weighted by Gasteiger charge is 2.16. The van der Waals surface area contributed by atoms with E-state index in [4.69, 9.17) is 32.7 Å².